The number of benzene rings is 1. The highest BCUT2D eigenvalue weighted by atomic mass is 19.1. The third-order valence-corrected chi connectivity index (χ3v) is 4.48. The molecule has 2 heterocycles. The Bertz CT molecular complexity index is 785. The fourth-order valence-electron chi connectivity index (χ4n) is 3.13. The summed E-state index contributed by atoms with van der Waals surface area (Å²) >= 11 is 0. The number of rotatable bonds is 6. The van der Waals surface area contributed by atoms with Crippen molar-refractivity contribution in [3.05, 3.63) is 34.5 Å². The van der Waals surface area contributed by atoms with E-state index in [1.807, 2.05) is 0 Å². The van der Waals surface area contributed by atoms with Gasteiger partial charge in [-0.15, -0.1) is 0 Å². The van der Waals surface area contributed by atoms with Crippen LogP contribution in [-0.2, 0) is 9.53 Å². The molecule has 0 saturated carbocycles. The fraction of sp³-hybridized carbons (Fsp3) is 0.500. The second kappa shape index (κ2) is 8.09. The van der Waals surface area contributed by atoms with Crippen LogP contribution in [0.5, 0.6) is 0 Å². The van der Waals surface area contributed by atoms with Crippen LogP contribution in [0.3, 0.4) is 0 Å². The molecule has 2 fully saturated rings. The lowest BCUT2D eigenvalue weighted by Crippen LogP contribution is -2.51. The highest BCUT2D eigenvalue weighted by Gasteiger charge is 2.33. The fourth-order valence-corrected chi connectivity index (χ4v) is 3.13. The zero-order valence-corrected chi connectivity index (χ0v) is 14.4. The van der Waals surface area contributed by atoms with E-state index in [2.05, 4.69) is 10.0 Å². The highest BCUT2D eigenvalue weighted by Crippen LogP contribution is 2.28. The molecule has 11 heteroatoms. The van der Waals surface area contributed by atoms with Gasteiger partial charge in [-0.25, -0.2) is 13.6 Å². The van der Waals surface area contributed by atoms with Gasteiger partial charge in [0, 0.05) is 24.5 Å². The molecule has 2 aliphatic rings. The Morgan fingerprint density at radius 1 is 1.33 bits per heavy atom. The molecule has 0 radical (unpaired) electrons. The number of hydrogen-bond acceptors (Lipinski definition) is 5. The maximum Gasteiger partial charge on any atom is 0.414 e. The van der Waals surface area contributed by atoms with Crippen molar-refractivity contribution >= 4 is 23.4 Å². The summed E-state index contributed by atoms with van der Waals surface area (Å²) in [6.07, 6.45) is -1.23. The molecule has 0 spiro atoms. The second-order valence-electron chi connectivity index (χ2n) is 6.16. The molecule has 27 heavy (non-hydrogen) atoms. The van der Waals surface area contributed by atoms with Crippen LogP contribution in [0.1, 0.15) is 0 Å². The van der Waals surface area contributed by atoms with E-state index in [0.29, 0.717) is 18.8 Å². The van der Waals surface area contributed by atoms with Gasteiger partial charge in [0.25, 0.3) is 0 Å². The Balaban J connectivity index is 1.70. The van der Waals surface area contributed by atoms with Crippen LogP contribution in [-0.4, -0.2) is 68.9 Å². The quantitative estimate of drug-likeness (QED) is 0.428. The first kappa shape index (κ1) is 18.7. The Hall–Kier alpha value is -3.07. The highest BCUT2D eigenvalue weighted by molar-refractivity contribution is 5.90. The molecule has 144 valence electrons. The minimum Gasteiger partial charge on any atom is -0.444 e. The van der Waals surface area contributed by atoms with Crippen molar-refractivity contribution in [1.29, 1.82) is 0 Å². The molecule has 1 aromatic carbocycles. The number of alkyl halides is 1. The molecule has 0 N–H and O–H groups in total. The molecule has 2 aliphatic heterocycles. The van der Waals surface area contributed by atoms with Gasteiger partial charge in [0.1, 0.15) is 18.6 Å². The number of hydrogen-bond donors (Lipinski definition) is 0. The molecular weight excluding hydrogens is 362 g/mol. The molecule has 2 amide bonds. The van der Waals surface area contributed by atoms with Crippen molar-refractivity contribution in [2.24, 2.45) is 5.11 Å². The lowest BCUT2D eigenvalue weighted by atomic mass is 10.2. The van der Waals surface area contributed by atoms with Crippen LogP contribution < -0.4 is 9.80 Å². The zero-order chi connectivity index (χ0) is 19.4. The number of carbonyl (C=O) groups excluding carboxylic acids is 2. The molecule has 0 aromatic heterocycles. The van der Waals surface area contributed by atoms with Crippen molar-refractivity contribution in [3.63, 3.8) is 0 Å². The minimum absolute atomic E-state index is 0.00454. The van der Waals surface area contributed by atoms with Gasteiger partial charge in [-0.2, -0.15) is 0 Å². The number of amides is 2. The van der Waals surface area contributed by atoms with Crippen molar-refractivity contribution in [2.75, 3.05) is 55.7 Å². The van der Waals surface area contributed by atoms with Crippen LogP contribution in [0.25, 0.3) is 10.4 Å². The monoisotopic (exact) mass is 380 g/mol. The first-order valence-electron chi connectivity index (χ1n) is 8.40. The van der Waals surface area contributed by atoms with E-state index >= 15 is 0 Å². The molecule has 0 bridgehead atoms. The lowest BCUT2D eigenvalue weighted by molar-refractivity contribution is -0.131. The van der Waals surface area contributed by atoms with E-state index in [1.165, 1.54) is 21.9 Å². The number of cyclic esters (lactones) is 1. The van der Waals surface area contributed by atoms with Gasteiger partial charge in [-0.05, 0) is 23.7 Å². The Morgan fingerprint density at radius 3 is 2.81 bits per heavy atom. The number of azide groups is 1. The van der Waals surface area contributed by atoms with Crippen LogP contribution in [0, 0.1) is 5.82 Å². The van der Waals surface area contributed by atoms with Crippen LogP contribution in [0.4, 0.5) is 25.0 Å². The Labute approximate surface area is 153 Å². The Morgan fingerprint density at radius 2 is 2.15 bits per heavy atom. The summed E-state index contributed by atoms with van der Waals surface area (Å²) < 4.78 is 32.1. The summed E-state index contributed by atoms with van der Waals surface area (Å²) in [7, 11) is 0. The van der Waals surface area contributed by atoms with Gasteiger partial charge >= 0.3 is 6.09 Å². The lowest BCUT2D eigenvalue weighted by Gasteiger charge is -2.35. The molecule has 1 unspecified atom stereocenters. The summed E-state index contributed by atoms with van der Waals surface area (Å²) in [6.45, 7) is 0.271. The average Bonchev–Trinajstić information content (AvgIpc) is 3.02. The molecule has 1 atom stereocenters. The largest absolute Gasteiger partial charge is 0.444 e. The van der Waals surface area contributed by atoms with Gasteiger partial charge in [-0.1, -0.05) is 5.11 Å². The van der Waals surface area contributed by atoms with Gasteiger partial charge in [0.05, 0.1) is 31.0 Å². The van der Waals surface area contributed by atoms with E-state index in [0.717, 1.165) is 0 Å². The first-order valence-corrected chi connectivity index (χ1v) is 8.40. The predicted octanol–water partition coefficient (Wildman–Crippen LogP) is 2.08. The molecule has 3 rings (SSSR count). The van der Waals surface area contributed by atoms with Crippen molar-refractivity contribution in [2.45, 2.75) is 6.10 Å². The summed E-state index contributed by atoms with van der Waals surface area (Å²) in [6, 6.07) is 4.26. The predicted molar refractivity (Wildman–Crippen MR) is 92.8 cm³/mol. The third-order valence-electron chi connectivity index (χ3n) is 4.48. The molecule has 1 aromatic rings. The maximum atomic E-state index is 14.6. The normalized spacial score (nSPS) is 19.9. The smallest absolute Gasteiger partial charge is 0.414 e. The average molecular weight is 380 g/mol. The number of ether oxygens (including phenoxy) is 1. The van der Waals surface area contributed by atoms with Crippen LogP contribution in [0.2, 0.25) is 0 Å². The second-order valence-corrected chi connectivity index (χ2v) is 6.16. The maximum absolute atomic E-state index is 14.6. The van der Waals surface area contributed by atoms with E-state index in [9.17, 15) is 18.4 Å². The van der Waals surface area contributed by atoms with E-state index < -0.39 is 24.7 Å². The van der Waals surface area contributed by atoms with Gasteiger partial charge in [0.2, 0.25) is 5.91 Å². The summed E-state index contributed by atoms with van der Waals surface area (Å²) in [5.41, 5.74) is 8.89. The van der Waals surface area contributed by atoms with E-state index in [4.69, 9.17) is 10.3 Å². The van der Waals surface area contributed by atoms with Crippen molar-refractivity contribution < 1.29 is 23.1 Å². The Kier molecular flexibility index (Phi) is 5.60. The molecule has 9 nitrogen and oxygen atoms in total. The van der Waals surface area contributed by atoms with Gasteiger partial charge in [0.15, 0.2) is 0 Å². The van der Waals surface area contributed by atoms with E-state index in [1.54, 1.807) is 11.0 Å². The molecular formula is C16H18F2N6O3. The standard InChI is InChI=1S/C16H18F2N6O3/c17-3-4-22-5-6-23(10-15(22)25)14-2-1-11(7-13(14)18)24-9-12(8-20-21-19)27-16(24)26/h1-2,7,12H,3-6,8-10H2. The summed E-state index contributed by atoms with van der Waals surface area (Å²) in [5, 5.41) is 3.37. The summed E-state index contributed by atoms with van der Waals surface area (Å²) in [5.74, 6) is -0.836. The number of anilines is 2. The topological polar surface area (TPSA) is 102 Å². The van der Waals surface area contributed by atoms with Crippen LogP contribution in [0.15, 0.2) is 23.3 Å². The zero-order valence-electron chi connectivity index (χ0n) is 14.4. The number of nitrogens with zero attached hydrogens (tertiary/aromatic N) is 6. The van der Waals surface area contributed by atoms with Crippen molar-refractivity contribution in [1.82, 2.24) is 4.90 Å². The number of carbonyl (C=O) groups is 2. The van der Waals surface area contributed by atoms with E-state index in [-0.39, 0.29) is 37.8 Å². The molecule has 0 aliphatic carbocycles. The first-order chi connectivity index (χ1) is 13.0. The minimum atomic E-state index is -0.643. The van der Waals surface area contributed by atoms with Crippen LogP contribution >= 0.6 is 0 Å². The van der Waals surface area contributed by atoms with Crippen molar-refractivity contribution in [3.8, 4) is 0 Å². The van der Waals surface area contributed by atoms with Gasteiger partial charge in [-0.3, -0.25) is 9.69 Å². The summed E-state index contributed by atoms with van der Waals surface area (Å²) in [4.78, 5) is 30.8. The third kappa shape index (κ3) is 4.03. The number of piperazine rings is 1. The SMILES string of the molecule is [N-]=[N+]=NCC1CN(c2ccc(N3CCN(CCF)C(=O)C3)c(F)c2)C(=O)O1. The number of halogens is 2. The van der Waals surface area contributed by atoms with Gasteiger partial charge < -0.3 is 14.5 Å². The molecule has 2 saturated heterocycles.